The minimum atomic E-state index is -0.787. The van der Waals surface area contributed by atoms with Gasteiger partial charge in [0.25, 0.3) is 5.91 Å². The lowest BCUT2D eigenvalue weighted by Crippen LogP contribution is -2.43. The van der Waals surface area contributed by atoms with E-state index in [4.69, 9.17) is 4.74 Å². The number of nitrogens with zero attached hydrogens (tertiary/aromatic N) is 3. The second-order valence-electron chi connectivity index (χ2n) is 6.46. The number of carbonyl (C=O) groups excluding carboxylic acids is 2. The highest BCUT2D eigenvalue weighted by molar-refractivity contribution is 6.07. The van der Waals surface area contributed by atoms with Crippen LogP contribution in [0.15, 0.2) is 36.4 Å². The van der Waals surface area contributed by atoms with Gasteiger partial charge in [0.1, 0.15) is 6.04 Å². The molecule has 27 heavy (non-hydrogen) atoms. The van der Waals surface area contributed by atoms with Crippen molar-refractivity contribution in [2.75, 3.05) is 7.11 Å². The van der Waals surface area contributed by atoms with E-state index in [2.05, 4.69) is 15.4 Å². The predicted molar refractivity (Wildman–Crippen MR) is 101 cm³/mol. The summed E-state index contributed by atoms with van der Waals surface area (Å²) in [6, 6.07) is 10.4. The number of ether oxygens (including phenoxy) is 1. The van der Waals surface area contributed by atoms with E-state index in [1.807, 2.05) is 44.2 Å². The van der Waals surface area contributed by atoms with Crippen molar-refractivity contribution in [1.82, 2.24) is 20.1 Å². The van der Waals surface area contributed by atoms with Gasteiger partial charge in [-0.15, -0.1) is 0 Å². The predicted octanol–water partition coefficient (Wildman–Crippen LogP) is 2.10. The van der Waals surface area contributed by atoms with Crippen LogP contribution in [-0.4, -0.2) is 39.8 Å². The number of aryl methyl sites for hydroxylation is 3. The summed E-state index contributed by atoms with van der Waals surface area (Å²) in [5.41, 5.74) is 3.43. The molecule has 0 aliphatic heterocycles. The minimum Gasteiger partial charge on any atom is -0.467 e. The van der Waals surface area contributed by atoms with E-state index < -0.39 is 12.0 Å². The summed E-state index contributed by atoms with van der Waals surface area (Å²) in [7, 11) is 3.10. The summed E-state index contributed by atoms with van der Waals surface area (Å²) in [5, 5.41) is 7.85. The lowest BCUT2D eigenvalue weighted by atomic mass is 10.0. The van der Waals surface area contributed by atoms with Gasteiger partial charge in [-0.25, -0.2) is 9.78 Å². The summed E-state index contributed by atoms with van der Waals surface area (Å²) in [6.45, 7) is 3.65. The molecule has 0 aliphatic carbocycles. The topological polar surface area (TPSA) is 86.1 Å². The Morgan fingerprint density at radius 1 is 1.22 bits per heavy atom. The molecular weight excluding hydrogens is 344 g/mol. The number of aromatic nitrogens is 3. The fraction of sp³-hybridized carbons (Fsp3) is 0.300. The maximum absolute atomic E-state index is 13.0. The van der Waals surface area contributed by atoms with Crippen LogP contribution in [-0.2, 0) is 23.0 Å². The third-order valence-electron chi connectivity index (χ3n) is 4.42. The van der Waals surface area contributed by atoms with E-state index in [0.717, 1.165) is 5.56 Å². The summed E-state index contributed by atoms with van der Waals surface area (Å²) in [6.07, 6.45) is 0.346. The molecule has 1 N–H and O–H groups in total. The Bertz CT molecular complexity index is 995. The zero-order valence-corrected chi connectivity index (χ0v) is 15.8. The van der Waals surface area contributed by atoms with Crippen molar-refractivity contribution in [3.63, 3.8) is 0 Å². The van der Waals surface area contributed by atoms with E-state index >= 15 is 0 Å². The number of nitrogens with one attached hydrogen (secondary N) is 1. The van der Waals surface area contributed by atoms with Gasteiger partial charge in [0.15, 0.2) is 5.65 Å². The van der Waals surface area contributed by atoms with Gasteiger partial charge in [0.05, 0.1) is 23.8 Å². The van der Waals surface area contributed by atoms with Crippen LogP contribution in [0.4, 0.5) is 0 Å². The maximum atomic E-state index is 13.0. The molecule has 0 radical (unpaired) electrons. The second kappa shape index (κ2) is 7.57. The van der Waals surface area contributed by atoms with Crippen LogP contribution < -0.4 is 5.32 Å². The van der Waals surface area contributed by atoms with Crippen LogP contribution in [0.3, 0.4) is 0 Å². The first-order valence-electron chi connectivity index (χ1n) is 8.64. The molecule has 1 atom stereocenters. The molecule has 2 aromatic heterocycles. The average molecular weight is 366 g/mol. The lowest BCUT2D eigenvalue weighted by molar-refractivity contribution is -0.142. The number of hydrogen-bond acceptors (Lipinski definition) is 5. The lowest BCUT2D eigenvalue weighted by Gasteiger charge is -2.17. The molecule has 0 saturated carbocycles. The van der Waals surface area contributed by atoms with Gasteiger partial charge in [-0.05, 0) is 25.5 Å². The van der Waals surface area contributed by atoms with Gasteiger partial charge in [-0.2, -0.15) is 5.10 Å². The van der Waals surface area contributed by atoms with Crippen LogP contribution in [0.25, 0.3) is 11.0 Å². The molecule has 140 valence electrons. The van der Waals surface area contributed by atoms with Crippen LogP contribution >= 0.6 is 0 Å². The van der Waals surface area contributed by atoms with E-state index in [0.29, 0.717) is 34.4 Å². The van der Waals surface area contributed by atoms with Crippen molar-refractivity contribution in [2.45, 2.75) is 26.3 Å². The second-order valence-corrected chi connectivity index (χ2v) is 6.46. The van der Waals surface area contributed by atoms with E-state index in [-0.39, 0.29) is 5.91 Å². The Morgan fingerprint density at radius 3 is 2.59 bits per heavy atom. The zero-order chi connectivity index (χ0) is 19.6. The van der Waals surface area contributed by atoms with Crippen molar-refractivity contribution >= 4 is 22.9 Å². The molecule has 3 rings (SSSR count). The number of amides is 1. The number of hydrogen-bond donors (Lipinski definition) is 1. The standard InChI is InChI=1S/C20H22N4O3/c1-12-10-15(17-13(2)23-24(3)18(17)21-12)19(25)22-16(20(26)27-4)11-14-8-6-5-7-9-14/h5-10,16H,11H2,1-4H3,(H,22,25)/t16-/m0/s1. The Balaban J connectivity index is 1.94. The van der Waals surface area contributed by atoms with Crippen LogP contribution in [0.5, 0.6) is 0 Å². The number of rotatable bonds is 5. The smallest absolute Gasteiger partial charge is 0.328 e. The average Bonchev–Trinajstić information content (AvgIpc) is 2.94. The number of methoxy groups -OCH3 is 1. The van der Waals surface area contributed by atoms with E-state index in [9.17, 15) is 9.59 Å². The Kier molecular flexibility index (Phi) is 5.21. The van der Waals surface area contributed by atoms with Gasteiger partial charge in [-0.3, -0.25) is 9.48 Å². The van der Waals surface area contributed by atoms with Crippen molar-refractivity contribution in [3.8, 4) is 0 Å². The third-order valence-corrected chi connectivity index (χ3v) is 4.42. The molecular formula is C20H22N4O3. The SMILES string of the molecule is COC(=O)[C@H](Cc1ccccc1)NC(=O)c1cc(C)nc2c1c(C)nn2C. The van der Waals surface area contributed by atoms with Gasteiger partial charge in [0, 0.05) is 19.2 Å². The largest absolute Gasteiger partial charge is 0.467 e. The number of esters is 1. The summed E-state index contributed by atoms with van der Waals surface area (Å²) in [5.74, 6) is -0.843. The van der Waals surface area contributed by atoms with Crippen LogP contribution in [0.2, 0.25) is 0 Å². The zero-order valence-electron chi connectivity index (χ0n) is 15.8. The van der Waals surface area contributed by atoms with Gasteiger partial charge >= 0.3 is 5.97 Å². The van der Waals surface area contributed by atoms with E-state index in [1.54, 1.807) is 17.8 Å². The molecule has 0 fully saturated rings. The summed E-state index contributed by atoms with van der Waals surface area (Å²) < 4.78 is 6.53. The summed E-state index contributed by atoms with van der Waals surface area (Å²) >= 11 is 0. The number of pyridine rings is 1. The van der Waals surface area contributed by atoms with Crippen LogP contribution in [0.1, 0.15) is 27.3 Å². The molecule has 1 aromatic carbocycles. The molecule has 1 amide bonds. The highest BCUT2D eigenvalue weighted by atomic mass is 16.5. The highest BCUT2D eigenvalue weighted by Crippen LogP contribution is 2.22. The quantitative estimate of drug-likeness (QED) is 0.699. The molecule has 0 aliphatic rings. The van der Waals surface area contributed by atoms with Gasteiger partial charge in [-0.1, -0.05) is 30.3 Å². The third kappa shape index (κ3) is 3.81. The van der Waals surface area contributed by atoms with E-state index in [1.165, 1.54) is 7.11 Å². The Hall–Kier alpha value is -3.22. The first-order chi connectivity index (χ1) is 12.9. The van der Waals surface area contributed by atoms with Gasteiger partial charge in [0.2, 0.25) is 0 Å². The summed E-state index contributed by atoms with van der Waals surface area (Å²) in [4.78, 5) is 29.7. The first-order valence-corrected chi connectivity index (χ1v) is 8.64. The molecule has 7 heteroatoms. The van der Waals surface area contributed by atoms with Crippen molar-refractivity contribution < 1.29 is 14.3 Å². The number of benzene rings is 1. The van der Waals surface area contributed by atoms with Crippen molar-refractivity contribution in [1.29, 1.82) is 0 Å². The molecule has 2 heterocycles. The highest BCUT2D eigenvalue weighted by Gasteiger charge is 2.25. The Labute approximate surface area is 157 Å². The van der Waals surface area contributed by atoms with Crippen LogP contribution in [0, 0.1) is 13.8 Å². The molecule has 7 nitrogen and oxygen atoms in total. The van der Waals surface area contributed by atoms with Gasteiger partial charge < -0.3 is 10.1 Å². The molecule has 3 aromatic rings. The first kappa shape index (κ1) is 18.6. The molecule has 0 unspecified atom stereocenters. The Morgan fingerprint density at radius 2 is 1.93 bits per heavy atom. The molecule has 0 spiro atoms. The van der Waals surface area contributed by atoms with Crippen molar-refractivity contribution in [2.24, 2.45) is 7.05 Å². The monoisotopic (exact) mass is 366 g/mol. The molecule has 0 bridgehead atoms. The van der Waals surface area contributed by atoms with Crippen molar-refractivity contribution in [3.05, 3.63) is 58.9 Å². The maximum Gasteiger partial charge on any atom is 0.328 e. The number of carbonyl (C=O) groups is 2. The fourth-order valence-electron chi connectivity index (χ4n) is 3.17. The molecule has 0 saturated heterocycles. The minimum absolute atomic E-state index is 0.346. The fourth-order valence-corrected chi connectivity index (χ4v) is 3.17. The normalized spacial score (nSPS) is 12.0. The number of fused-ring (bicyclic) bond motifs is 1.